The lowest BCUT2D eigenvalue weighted by Crippen LogP contribution is -2.02. The van der Waals surface area contributed by atoms with Crippen molar-refractivity contribution >= 4 is 5.69 Å². The normalized spacial score (nSPS) is 10.2. The van der Waals surface area contributed by atoms with Gasteiger partial charge in [-0.2, -0.15) is 5.10 Å². The molecule has 5 nitrogen and oxygen atoms in total. The van der Waals surface area contributed by atoms with Gasteiger partial charge < -0.3 is 0 Å². The average Bonchev–Trinajstić information content (AvgIpc) is 2.70. The van der Waals surface area contributed by atoms with Gasteiger partial charge in [-0.3, -0.25) is 10.1 Å². The Hall–Kier alpha value is -2.17. The van der Waals surface area contributed by atoms with Crippen LogP contribution >= 0.6 is 0 Å². The molecule has 5 heteroatoms. The van der Waals surface area contributed by atoms with E-state index in [-0.39, 0.29) is 5.69 Å². The third kappa shape index (κ3) is 1.59. The van der Waals surface area contributed by atoms with E-state index in [1.54, 1.807) is 24.5 Å². The molecule has 0 aliphatic heterocycles. The molecule has 2 aromatic rings. The van der Waals surface area contributed by atoms with Crippen LogP contribution in [0, 0.1) is 17.0 Å². The van der Waals surface area contributed by atoms with Crippen LogP contribution in [0.2, 0.25) is 0 Å². The van der Waals surface area contributed by atoms with E-state index in [1.165, 1.54) is 10.7 Å². The molecule has 0 radical (unpaired) electrons. The Balaban J connectivity index is 2.68. The molecule has 0 saturated heterocycles. The van der Waals surface area contributed by atoms with E-state index in [4.69, 9.17) is 0 Å². The van der Waals surface area contributed by atoms with Gasteiger partial charge in [0, 0.05) is 18.5 Å². The van der Waals surface area contributed by atoms with Crippen molar-refractivity contribution in [1.29, 1.82) is 0 Å². The molecule has 0 amide bonds. The van der Waals surface area contributed by atoms with Gasteiger partial charge in [0.1, 0.15) is 5.69 Å². The molecule has 0 atom stereocenters. The number of benzene rings is 1. The zero-order valence-corrected chi connectivity index (χ0v) is 8.12. The second-order valence-corrected chi connectivity index (χ2v) is 3.15. The van der Waals surface area contributed by atoms with E-state index in [1.807, 2.05) is 13.0 Å². The number of aromatic nitrogens is 2. The first-order chi connectivity index (χ1) is 7.20. The molecule has 1 aromatic carbocycles. The van der Waals surface area contributed by atoms with Crippen LogP contribution in [0.15, 0.2) is 36.7 Å². The van der Waals surface area contributed by atoms with Crippen molar-refractivity contribution in [3.05, 3.63) is 52.3 Å². The van der Waals surface area contributed by atoms with Crippen LogP contribution in [0.5, 0.6) is 0 Å². The minimum Gasteiger partial charge on any atom is -0.258 e. The molecular weight excluding hydrogens is 194 g/mol. The number of aryl methyl sites for hydroxylation is 1. The van der Waals surface area contributed by atoms with Crippen LogP contribution in [0.25, 0.3) is 5.69 Å². The Bertz CT molecular complexity index is 491. The predicted molar refractivity (Wildman–Crippen MR) is 55.0 cm³/mol. The first kappa shape index (κ1) is 9.39. The molecule has 0 bridgehead atoms. The highest BCUT2D eigenvalue weighted by atomic mass is 16.6. The summed E-state index contributed by atoms with van der Waals surface area (Å²) in [4.78, 5) is 10.4. The van der Waals surface area contributed by atoms with Crippen molar-refractivity contribution in [2.24, 2.45) is 0 Å². The van der Waals surface area contributed by atoms with Gasteiger partial charge in [-0.25, -0.2) is 4.68 Å². The first-order valence-electron chi connectivity index (χ1n) is 4.44. The van der Waals surface area contributed by atoms with Crippen LogP contribution in [0.3, 0.4) is 0 Å². The summed E-state index contributed by atoms with van der Waals surface area (Å²) in [5.74, 6) is 0. The lowest BCUT2D eigenvalue weighted by atomic mass is 10.2. The number of nitro benzene ring substituents is 1. The number of hydrogen-bond donors (Lipinski definition) is 0. The summed E-state index contributed by atoms with van der Waals surface area (Å²) in [6.45, 7) is 1.82. The van der Waals surface area contributed by atoms with Crippen LogP contribution in [0.4, 0.5) is 5.69 Å². The van der Waals surface area contributed by atoms with Crippen LogP contribution in [-0.2, 0) is 0 Å². The Morgan fingerprint density at radius 2 is 2.20 bits per heavy atom. The maximum Gasteiger partial charge on any atom is 0.295 e. The van der Waals surface area contributed by atoms with Gasteiger partial charge in [0.2, 0.25) is 0 Å². The SMILES string of the molecule is Cc1cccc([N+](=O)[O-])c1-n1cccn1. The van der Waals surface area contributed by atoms with E-state index in [9.17, 15) is 10.1 Å². The summed E-state index contributed by atoms with van der Waals surface area (Å²) in [6, 6.07) is 6.70. The maximum atomic E-state index is 10.8. The fourth-order valence-electron chi connectivity index (χ4n) is 1.49. The van der Waals surface area contributed by atoms with E-state index in [2.05, 4.69) is 5.10 Å². The summed E-state index contributed by atoms with van der Waals surface area (Å²) in [5.41, 5.74) is 1.42. The minimum atomic E-state index is -0.399. The van der Waals surface area contributed by atoms with Crippen LogP contribution in [-0.4, -0.2) is 14.7 Å². The Morgan fingerprint density at radius 3 is 2.80 bits per heavy atom. The number of rotatable bonds is 2. The highest BCUT2D eigenvalue weighted by Crippen LogP contribution is 2.24. The molecule has 0 aliphatic carbocycles. The molecule has 0 N–H and O–H groups in total. The maximum absolute atomic E-state index is 10.8. The van der Waals surface area contributed by atoms with Crippen molar-refractivity contribution in [1.82, 2.24) is 9.78 Å². The zero-order chi connectivity index (χ0) is 10.8. The van der Waals surface area contributed by atoms with Gasteiger partial charge in [0.05, 0.1) is 4.92 Å². The molecule has 0 spiro atoms. The Morgan fingerprint density at radius 1 is 1.40 bits per heavy atom. The van der Waals surface area contributed by atoms with E-state index < -0.39 is 4.92 Å². The molecule has 1 heterocycles. The zero-order valence-electron chi connectivity index (χ0n) is 8.12. The lowest BCUT2D eigenvalue weighted by molar-refractivity contribution is -0.384. The summed E-state index contributed by atoms with van der Waals surface area (Å²) in [5, 5.41) is 14.8. The molecule has 1 aromatic heterocycles. The standard InChI is InChI=1S/C10H9N3O2/c1-8-4-2-5-9(13(14)15)10(8)12-7-3-6-11-12/h2-7H,1H3. The first-order valence-corrected chi connectivity index (χ1v) is 4.44. The monoisotopic (exact) mass is 203 g/mol. The second-order valence-electron chi connectivity index (χ2n) is 3.15. The van der Waals surface area contributed by atoms with E-state index >= 15 is 0 Å². The van der Waals surface area contributed by atoms with Gasteiger partial charge in [0.25, 0.3) is 5.69 Å². The summed E-state index contributed by atoms with van der Waals surface area (Å²) >= 11 is 0. The summed E-state index contributed by atoms with van der Waals surface area (Å²) in [7, 11) is 0. The summed E-state index contributed by atoms with van der Waals surface area (Å²) in [6.07, 6.45) is 3.28. The topological polar surface area (TPSA) is 61.0 Å². The highest BCUT2D eigenvalue weighted by Gasteiger charge is 2.16. The molecule has 0 fully saturated rings. The third-order valence-electron chi connectivity index (χ3n) is 2.15. The molecular formula is C10H9N3O2. The van der Waals surface area contributed by atoms with Gasteiger partial charge in [0.15, 0.2) is 0 Å². The molecule has 0 unspecified atom stereocenters. The van der Waals surface area contributed by atoms with Gasteiger partial charge >= 0.3 is 0 Å². The minimum absolute atomic E-state index is 0.0682. The smallest absolute Gasteiger partial charge is 0.258 e. The Labute approximate surface area is 86.1 Å². The van der Waals surface area contributed by atoms with Gasteiger partial charge in [-0.15, -0.1) is 0 Å². The number of nitro groups is 1. The van der Waals surface area contributed by atoms with E-state index in [0.717, 1.165) is 5.56 Å². The predicted octanol–water partition coefficient (Wildman–Crippen LogP) is 2.09. The van der Waals surface area contributed by atoms with Crippen LogP contribution in [0.1, 0.15) is 5.56 Å². The average molecular weight is 203 g/mol. The fourth-order valence-corrected chi connectivity index (χ4v) is 1.49. The van der Waals surface area contributed by atoms with Gasteiger partial charge in [-0.1, -0.05) is 12.1 Å². The van der Waals surface area contributed by atoms with Crippen molar-refractivity contribution < 1.29 is 4.92 Å². The largest absolute Gasteiger partial charge is 0.295 e. The number of para-hydroxylation sites is 1. The third-order valence-corrected chi connectivity index (χ3v) is 2.15. The molecule has 0 aliphatic rings. The highest BCUT2D eigenvalue weighted by molar-refractivity contribution is 5.56. The molecule has 15 heavy (non-hydrogen) atoms. The van der Waals surface area contributed by atoms with Crippen molar-refractivity contribution in [2.45, 2.75) is 6.92 Å². The molecule has 2 rings (SSSR count). The van der Waals surface area contributed by atoms with Crippen molar-refractivity contribution in [3.8, 4) is 5.69 Å². The van der Waals surface area contributed by atoms with Gasteiger partial charge in [-0.05, 0) is 18.6 Å². The number of nitrogens with zero attached hydrogens (tertiary/aromatic N) is 3. The quantitative estimate of drug-likeness (QED) is 0.554. The van der Waals surface area contributed by atoms with Crippen molar-refractivity contribution in [3.63, 3.8) is 0 Å². The molecule has 0 saturated carbocycles. The number of hydrogen-bond acceptors (Lipinski definition) is 3. The fraction of sp³-hybridized carbons (Fsp3) is 0.100. The van der Waals surface area contributed by atoms with E-state index in [0.29, 0.717) is 5.69 Å². The molecule has 76 valence electrons. The summed E-state index contributed by atoms with van der Waals surface area (Å²) < 4.78 is 1.51. The Kier molecular flexibility index (Phi) is 2.21. The van der Waals surface area contributed by atoms with Crippen molar-refractivity contribution in [2.75, 3.05) is 0 Å². The second kappa shape index (κ2) is 3.53. The van der Waals surface area contributed by atoms with Crippen LogP contribution < -0.4 is 0 Å². The lowest BCUT2D eigenvalue weighted by Gasteiger charge is -2.05.